The number of fused-ring (bicyclic) bond motifs is 2. The van der Waals surface area contributed by atoms with E-state index in [2.05, 4.69) is 18.7 Å². The first-order valence-electron chi connectivity index (χ1n) is 11.4. The van der Waals surface area contributed by atoms with Crippen molar-refractivity contribution in [1.82, 2.24) is 14.8 Å². The molecule has 1 amide bonds. The van der Waals surface area contributed by atoms with Gasteiger partial charge in [-0.05, 0) is 69.2 Å². The van der Waals surface area contributed by atoms with Crippen LogP contribution in [-0.4, -0.2) is 53.4 Å². The minimum atomic E-state index is 0.140. The van der Waals surface area contributed by atoms with Gasteiger partial charge in [-0.2, -0.15) is 0 Å². The Morgan fingerprint density at radius 2 is 1.97 bits per heavy atom. The summed E-state index contributed by atoms with van der Waals surface area (Å²) >= 11 is 0. The Morgan fingerprint density at radius 3 is 2.79 bits per heavy atom. The first-order chi connectivity index (χ1) is 14.0. The normalized spacial score (nSPS) is 22.6. The second kappa shape index (κ2) is 8.83. The van der Waals surface area contributed by atoms with Crippen molar-refractivity contribution < 1.29 is 4.79 Å². The van der Waals surface area contributed by atoms with E-state index < -0.39 is 0 Å². The molecule has 2 aliphatic heterocycles. The highest BCUT2D eigenvalue weighted by Crippen LogP contribution is 2.31. The van der Waals surface area contributed by atoms with Gasteiger partial charge >= 0.3 is 0 Å². The first-order valence-corrected chi connectivity index (χ1v) is 11.4. The van der Waals surface area contributed by atoms with Crippen LogP contribution in [0.4, 0.5) is 0 Å². The van der Waals surface area contributed by atoms with Gasteiger partial charge in [-0.15, -0.1) is 0 Å². The summed E-state index contributed by atoms with van der Waals surface area (Å²) in [6.45, 7) is 7.74. The molecule has 4 rings (SSSR count). The summed E-state index contributed by atoms with van der Waals surface area (Å²) in [7, 11) is 1.99. The lowest BCUT2D eigenvalue weighted by Crippen LogP contribution is -2.51. The van der Waals surface area contributed by atoms with E-state index in [0.29, 0.717) is 17.9 Å². The standard InChI is InChI=1S/C25H35N3O/c1-18(2)15-20-16-22(21-10-4-5-11-23(21)26-20)25(29)27(3)17-19-9-8-14-28-13-7-6-12-24(19)28/h4-5,10-11,16,18-19,24H,6-9,12-15,17H2,1-3H3/t19-,24+/m0/s1. The van der Waals surface area contributed by atoms with Crippen LogP contribution in [0.25, 0.3) is 10.9 Å². The fraction of sp³-hybridized carbons (Fsp3) is 0.600. The van der Waals surface area contributed by atoms with Crippen LogP contribution in [-0.2, 0) is 6.42 Å². The molecule has 2 aliphatic rings. The van der Waals surface area contributed by atoms with Crippen LogP contribution in [0.5, 0.6) is 0 Å². The van der Waals surface area contributed by atoms with Gasteiger partial charge in [0.2, 0.25) is 0 Å². The molecule has 2 fully saturated rings. The first kappa shape index (κ1) is 20.3. The van der Waals surface area contributed by atoms with Crippen molar-refractivity contribution >= 4 is 16.8 Å². The SMILES string of the molecule is CC(C)Cc1cc(C(=O)N(C)C[C@@H]2CCCN3CCCC[C@H]23)c2ccccc2n1. The van der Waals surface area contributed by atoms with Crippen molar-refractivity contribution in [3.8, 4) is 0 Å². The molecule has 2 atom stereocenters. The van der Waals surface area contributed by atoms with Crippen LogP contribution in [0, 0.1) is 11.8 Å². The van der Waals surface area contributed by atoms with Crippen LogP contribution in [0.3, 0.4) is 0 Å². The summed E-state index contributed by atoms with van der Waals surface area (Å²) in [5, 5.41) is 0.972. The number of para-hydroxylation sites is 1. The number of carbonyl (C=O) groups is 1. The number of hydrogen-bond acceptors (Lipinski definition) is 3. The van der Waals surface area contributed by atoms with Gasteiger partial charge in [0.25, 0.3) is 5.91 Å². The van der Waals surface area contributed by atoms with Crippen molar-refractivity contribution in [1.29, 1.82) is 0 Å². The van der Waals surface area contributed by atoms with E-state index in [0.717, 1.165) is 35.1 Å². The summed E-state index contributed by atoms with van der Waals surface area (Å²) < 4.78 is 0. The molecule has 29 heavy (non-hydrogen) atoms. The van der Waals surface area contributed by atoms with Crippen LogP contribution >= 0.6 is 0 Å². The van der Waals surface area contributed by atoms with Crippen molar-refractivity contribution in [2.75, 3.05) is 26.7 Å². The van der Waals surface area contributed by atoms with Gasteiger partial charge in [-0.3, -0.25) is 9.78 Å². The Balaban J connectivity index is 1.57. The third-order valence-electron chi connectivity index (χ3n) is 6.70. The number of nitrogens with zero attached hydrogens (tertiary/aromatic N) is 3. The molecule has 0 bridgehead atoms. The van der Waals surface area contributed by atoms with Gasteiger partial charge in [0.15, 0.2) is 0 Å². The van der Waals surface area contributed by atoms with Crippen molar-refractivity contribution in [3.05, 3.63) is 41.6 Å². The van der Waals surface area contributed by atoms with E-state index in [4.69, 9.17) is 4.98 Å². The maximum absolute atomic E-state index is 13.5. The van der Waals surface area contributed by atoms with E-state index in [1.807, 2.05) is 42.3 Å². The van der Waals surface area contributed by atoms with E-state index in [-0.39, 0.29) is 5.91 Å². The largest absolute Gasteiger partial charge is 0.341 e. The minimum Gasteiger partial charge on any atom is -0.341 e. The van der Waals surface area contributed by atoms with Crippen molar-refractivity contribution in [3.63, 3.8) is 0 Å². The van der Waals surface area contributed by atoms with Crippen molar-refractivity contribution in [2.24, 2.45) is 11.8 Å². The molecule has 0 aliphatic carbocycles. The Hall–Kier alpha value is -1.94. The number of rotatable bonds is 5. The van der Waals surface area contributed by atoms with Crippen LogP contribution in [0.2, 0.25) is 0 Å². The molecule has 0 saturated carbocycles. The summed E-state index contributed by atoms with van der Waals surface area (Å²) in [4.78, 5) is 23.0. The number of aromatic nitrogens is 1. The number of amides is 1. The third kappa shape index (κ3) is 4.48. The highest BCUT2D eigenvalue weighted by atomic mass is 16.2. The van der Waals surface area contributed by atoms with Crippen LogP contribution in [0.15, 0.2) is 30.3 Å². The highest BCUT2D eigenvalue weighted by Gasteiger charge is 2.34. The van der Waals surface area contributed by atoms with Crippen molar-refractivity contribution in [2.45, 2.75) is 58.4 Å². The van der Waals surface area contributed by atoms with E-state index in [9.17, 15) is 4.79 Å². The average Bonchev–Trinajstić information content (AvgIpc) is 2.72. The molecule has 1 aromatic carbocycles. The molecule has 0 spiro atoms. The topological polar surface area (TPSA) is 36.4 Å². The summed E-state index contributed by atoms with van der Waals surface area (Å²) in [5.74, 6) is 1.26. The maximum atomic E-state index is 13.5. The molecule has 1 aromatic heterocycles. The fourth-order valence-corrected chi connectivity index (χ4v) is 5.36. The van der Waals surface area contributed by atoms with Crippen LogP contribution < -0.4 is 0 Å². The molecule has 0 N–H and O–H groups in total. The Labute approximate surface area is 175 Å². The Kier molecular flexibility index (Phi) is 6.19. The Bertz CT molecular complexity index is 860. The molecule has 2 aromatic rings. The molecule has 2 saturated heterocycles. The molecule has 3 heterocycles. The zero-order valence-electron chi connectivity index (χ0n) is 18.2. The average molecular weight is 394 g/mol. The van der Waals surface area contributed by atoms with Gasteiger partial charge in [0.1, 0.15) is 0 Å². The van der Waals surface area contributed by atoms with E-state index >= 15 is 0 Å². The predicted octanol–water partition coefficient (Wildman–Crippen LogP) is 4.77. The molecular formula is C25H35N3O. The predicted molar refractivity (Wildman–Crippen MR) is 119 cm³/mol. The lowest BCUT2D eigenvalue weighted by Gasteiger charge is -2.45. The van der Waals surface area contributed by atoms with Gasteiger partial charge in [-0.1, -0.05) is 38.5 Å². The second-order valence-electron chi connectivity index (χ2n) is 9.46. The van der Waals surface area contributed by atoms with Gasteiger partial charge in [-0.25, -0.2) is 0 Å². The minimum absolute atomic E-state index is 0.140. The quantitative estimate of drug-likeness (QED) is 0.734. The summed E-state index contributed by atoms with van der Waals surface area (Å²) in [6.07, 6.45) is 7.37. The monoisotopic (exact) mass is 393 g/mol. The lowest BCUT2D eigenvalue weighted by atomic mass is 9.83. The number of hydrogen-bond donors (Lipinski definition) is 0. The highest BCUT2D eigenvalue weighted by molar-refractivity contribution is 6.06. The number of benzene rings is 1. The lowest BCUT2D eigenvalue weighted by molar-refractivity contribution is 0.0403. The van der Waals surface area contributed by atoms with Gasteiger partial charge < -0.3 is 9.80 Å². The molecule has 4 nitrogen and oxygen atoms in total. The molecular weight excluding hydrogens is 358 g/mol. The number of piperidine rings is 2. The molecule has 4 heteroatoms. The summed E-state index contributed by atoms with van der Waals surface area (Å²) in [6, 6.07) is 10.8. The zero-order chi connectivity index (χ0) is 20.4. The van der Waals surface area contributed by atoms with Gasteiger partial charge in [0.05, 0.1) is 11.1 Å². The second-order valence-corrected chi connectivity index (χ2v) is 9.46. The molecule has 0 radical (unpaired) electrons. The molecule has 156 valence electrons. The molecule has 0 unspecified atom stereocenters. The van der Waals surface area contributed by atoms with Gasteiger partial charge in [0, 0.05) is 30.7 Å². The Morgan fingerprint density at radius 1 is 1.17 bits per heavy atom. The smallest absolute Gasteiger partial charge is 0.254 e. The maximum Gasteiger partial charge on any atom is 0.254 e. The van der Waals surface area contributed by atoms with Crippen LogP contribution in [0.1, 0.15) is 62.0 Å². The number of carbonyl (C=O) groups excluding carboxylic acids is 1. The number of pyridine rings is 1. The third-order valence-corrected chi connectivity index (χ3v) is 6.70. The summed E-state index contributed by atoms with van der Waals surface area (Å²) in [5.41, 5.74) is 2.76. The fourth-order valence-electron chi connectivity index (χ4n) is 5.36. The van der Waals surface area contributed by atoms with E-state index in [1.54, 1.807) is 0 Å². The van der Waals surface area contributed by atoms with E-state index in [1.165, 1.54) is 45.2 Å². The zero-order valence-corrected chi connectivity index (χ0v) is 18.2.